The third-order valence-electron chi connectivity index (χ3n) is 5.41. The molecule has 2 amide bonds. The fraction of sp³-hybridized carbons (Fsp3) is 0.364. The van der Waals surface area contributed by atoms with Gasteiger partial charge in [0.05, 0.1) is 11.9 Å². The molecule has 0 aliphatic carbocycles. The Labute approximate surface area is 185 Å². The molecule has 0 radical (unpaired) electrons. The van der Waals surface area contributed by atoms with Gasteiger partial charge in [-0.15, -0.1) is 0 Å². The van der Waals surface area contributed by atoms with Crippen LogP contribution in [0.15, 0.2) is 36.5 Å². The number of hydrogen-bond donors (Lipinski definition) is 2. The molecule has 2 N–H and O–H groups in total. The van der Waals surface area contributed by atoms with Gasteiger partial charge in [0.2, 0.25) is 5.91 Å². The van der Waals surface area contributed by atoms with Crippen molar-refractivity contribution in [3.63, 3.8) is 0 Å². The van der Waals surface area contributed by atoms with Crippen molar-refractivity contribution in [1.29, 1.82) is 0 Å². The van der Waals surface area contributed by atoms with E-state index in [1.165, 1.54) is 6.20 Å². The van der Waals surface area contributed by atoms with Gasteiger partial charge in [0.15, 0.2) is 5.65 Å². The van der Waals surface area contributed by atoms with E-state index < -0.39 is 0 Å². The van der Waals surface area contributed by atoms with Crippen molar-refractivity contribution in [2.75, 3.05) is 30.3 Å². The van der Waals surface area contributed by atoms with Gasteiger partial charge < -0.3 is 15.5 Å². The van der Waals surface area contributed by atoms with Gasteiger partial charge in [-0.05, 0) is 37.6 Å². The van der Waals surface area contributed by atoms with E-state index in [0.717, 1.165) is 24.5 Å². The predicted octanol–water partition coefficient (Wildman–Crippen LogP) is 3.79. The maximum absolute atomic E-state index is 13.0. The van der Waals surface area contributed by atoms with Crippen LogP contribution in [0.3, 0.4) is 0 Å². The minimum Gasteiger partial charge on any atom is -0.370 e. The van der Waals surface area contributed by atoms with Gasteiger partial charge in [-0.3, -0.25) is 9.59 Å². The van der Waals surface area contributed by atoms with Crippen LogP contribution in [0.1, 0.15) is 48.7 Å². The fourth-order valence-electron chi connectivity index (χ4n) is 3.74. The smallest absolute Gasteiger partial charge is 0.261 e. The summed E-state index contributed by atoms with van der Waals surface area (Å²) in [6.45, 7) is 6.12. The zero-order valence-corrected chi connectivity index (χ0v) is 18.3. The predicted molar refractivity (Wildman–Crippen MR) is 121 cm³/mol. The summed E-state index contributed by atoms with van der Waals surface area (Å²) in [7, 11) is 0. The number of carbonyl (C=O) groups excluding carboxylic acids is 2. The van der Waals surface area contributed by atoms with E-state index in [-0.39, 0.29) is 17.7 Å². The van der Waals surface area contributed by atoms with Crippen LogP contribution in [-0.4, -0.2) is 50.9 Å². The van der Waals surface area contributed by atoms with Gasteiger partial charge in [0.1, 0.15) is 11.4 Å². The van der Waals surface area contributed by atoms with Crippen molar-refractivity contribution in [2.45, 2.75) is 32.6 Å². The zero-order chi connectivity index (χ0) is 22.0. The van der Waals surface area contributed by atoms with Crippen LogP contribution < -0.4 is 10.6 Å². The standard InChI is InChI=1S/C22H25ClN6O2/c1-3-9-24-19-11-18(14-10-20(30)28(4-2)13-14)27-21-17(12-25-29(19)21)22(31)26-16-7-5-15(23)6-8-16/h5-8,11-12,14,24H,3-4,9-10,13H2,1-2H3,(H,26,31)/t14-/m0/s1. The summed E-state index contributed by atoms with van der Waals surface area (Å²) in [4.78, 5) is 31.8. The van der Waals surface area contributed by atoms with Gasteiger partial charge in [0, 0.05) is 48.7 Å². The number of halogens is 1. The molecular weight excluding hydrogens is 416 g/mol. The average molecular weight is 441 g/mol. The number of amides is 2. The number of likely N-dealkylation sites (tertiary alicyclic amines) is 1. The zero-order valence-electron chi connectivity index (χ0n) is 17.6. The summed E-state index contributed by atoms with van der Waals surface area (Å²) < 4.78 is 1.64. The number of hydrogen-bond acceptors (Lipinski definition) is 5. The van der Waals surface area contributed by atoms with Crippen LogP contribution >= 0.6 is 11.6 Å². The normalized spacial score (nSPS) is 16.2. The fourth-order valence-corrected chi connectivity index (χ4v) is 3.86. The van der Waals surface area contributed by atoms with E-state index in [1.807, 2.05) is 17.9 Å². The van der Waals surface area contributed by atoms with Crippen LogP contribution in [-0.2, 0) is 4.79 Å². The summed E-state index contributed by atoms with van der Waals surface area (Å²) in [5.74, 6) is 0.573. The topological polar surface area (TPSA) is 91.6 Å². The highest BCUT2D eigenvalue weighted by atomic mass is 35.5. The number of carbonyl (C=O) groups is 2. The first-order valence-corrected chi connectivity index (χ1v) is 10.8. The Morgan fingerprint density at radius 3 is 2.71 bits per heavy atom. The molecule has 1 fully saturated rings. The summed E-state index contributed by atoms with van der Waals surface area (Å²) in [5.41, 5.74) is 2.25. The summed E-state index contributed by atoms with van der Waals surface area (Å²) in [6, 6.07) is 8.85. The number of aromatic nitrogens is 3. The van der Waals surface area contributed by atoms with Crippen LogP contribution in [0.25, 0.3) is 5.65 Å². The lowest BCUT2D eigenvalue weighted by atomic mass is 10.0. The van der Waals surface area contributed by atoms with Crippen LogP contribution in [0, 0.1) is 0 Å². The van der Waals surface area contributed by atoms with Crippen molar-refractivity contribution in [3.05, 3.63) is 52.8 Å². The number of nitrogens with zero attached hydrogens (tertiary/aromatic N) is 4. The highest BCUT2D eigenvalue weighted by Crippen LogP contribution is 2.29. The van der Waals surface area contributed by atoms with E-state index in [9.17, 15) is 9.59 Å². The largest absolute Gasteiger partial charge is 0.370 e. The molecule has 3 aromatic rings. The molecule has 31 heavy (non-hydrogen) atoms. The Bertz CT molecular complexity index is 1110. The first kappa shape index (κ1) is 21.1. The van der Waals surface area contributed by atoms with Crippen molar-refractivity contribution < 1.29 is 9.59 Å². The lowest BCUT2D eigenvalue weighted by Crippen LogP contribution is -2.24. The van der Waals surface area contributed by atoms with E-state index in [4.69, 9.17) is 16.6 Å². The molecule has 162 valence electrons. The molecule has 1 aliphatic heterocycles. The van der Waals surface area contributed by atoms with E-state index in [2.05, 4.69) is 22.7 Å². The molecule has 2 aromatic heterocycles. The summed E-state index contributed by atoms with van der Waals surface area (Å²) in [6.07, 6.45) is 2.88. The summed E-state index contributed by atoms with van der Waals surface area (Å²) in [5, 5.41) is 11.2. The molecule has 1 atom stereocenters. The van der Waals surface area contributed by atoms with E-state index >= 15 is 0 Å². The second kappa shape index (κ2) is 8.93. The maximum atomic E-state index is 13.0. The third kappa shape index (κ3) is 4.34. The minimum absolute atomic E-state index is 0.0123. The highest BCUT2D eigenvalue weighted by molar-refractivity contribution is 6.30. The van der Waals surface area contributed by atoms with Gasteiger partial charge in [-0.1, -0.05) is 18.5 Å². The quantitative estimate of drug-likeness (QED) is 0.583. The Morgan fingerprint density at radius 1 is 1.26 bits per heavy atom. The maximum Gasteiger partial charge on any atom is 0.261 e. The van der Waals surface area contributed by atoms with E-state index in [0.29, 0.717) is 41.4 Å². The van der Waals surface area contributed by atoms with Crippen molar-refractivity contribution in [2.24, 2.45) is 0 Å². The van der Waals surface area contributed by atoms with Crippen LogP contribution in [0.5, 0.6) is 0 Å². The molecule has 0 unspecified atom stereocenters. The molecule has 9 heteroatoms. The lowest BCUT2D eigenvalue weighted by Gasteiger charge is -2.15. The number of fused-ring (bicyclic) bond motifs is 1. The number of likely N-dealkylation sites (N-methyl/N-ethyl adjacent to an activating group) is 1. The molecule has 1 aromatic carbocycles. The van der Waals surface area contributed by atoms with Gasteiger partial charge >= 0.3 is 0 Å². The Balaban J connectivity index is 1.70. The molecule has 0 saturated carbocycles. The van der Waals surface area contributed by atoms with Gasteiger partial charge in [-0.2, -0.15) is 9.61 Å². The summed E-state index contributed by atoms with van der Waals surface area (Å²) >= 11 is 5.93. The molecule has 0 bridgehead atoms. The number of anilines is 2. The monoisotopic (exact) mass is 440 g/mol. The lowest BCUT2D eigenvalue weighted by molar-refractivity contribution is -0.127. The SMILES string of the molecule is CCCNc1cc([C@H]2CC(=O)N(CC)C2)nc2c(C(=O)Nc3ccc(Cl)cc3)cnn12. The number of benzene rings is 1. The Hall–Kier alpha value is -3.13. The van der Waals surface area contributed by atoms with Crippen molar-refractivity contribution >= 4 is 40.6 Å². The molecule has 3 heterocycles. The molecular formula is C22H25ClN6O2. The first-order chi connectivity index (χ1) is 15.0. The Morgan fingerprint density at radius 2 is 2.03 bits per heavy atom. The molecule has 0 spiro atoms. The van der Waals surface area contributed by atoms with Crippen molar-refractivity contribution in [1.82, 2.24) is 19.5 Å². The second-order valence-electron chi connectivity index (χ2n) is 7.58. The average Bonchev–Trinajstić information content (AvgIpc) is 3.37. The second-order valence-corrected chi connectivity index (χ2v) is 8.02. The van der Waals surface area contributed by atoms with E-state index in [1.54, 1.807) is 28.8 Å². The third-order valence-corrected chi connectivity index (χ3v) is 5.66. The molecule has 1 saturated heterocycles. The number of rotatable bonds is 7. The number of nitrogens with one attached hydrogen (secondary N) is 2. The molecule has 8 nitrogen and oxygen atoms in total. The van der Waals surface area contributed by atoms with Crippen LogP contribution in [0.4, 0.5) is 11.5 Å². The Kier molecular flexibility index (Phi) is 6.08. The first-order valence-electron chi connectivity index (χ1n) is 10.5. The minimum atomic E-state index is -0.305. The molecule has 4 rings (SSSR count). The van der Waals surface area contributed by atoms with Crippen LogP contribution in [0.2, 0.25) is 5.02 Å². The van der Waals surface area contributed by atoms with Gasteiger partial charge in [0.25, 0.3) is 5.91 Å². The van der Waals surface area contributed by atoms with Gasteiger partial charge in [-0.25, -0.2) is 4.98 Å². The highest BCUT2D eigenvalue weighted by Gasteiger charge is 2.31. The van der Waals surface area contributed by atoms with Crippen molar-refractivity contribution in [3.8, 4) is 0 Å². The molecule has 1 aliphatic rings.